The van der Waals surface area contributed by atoms with Crippen LogP contribution >= 0.6 is 0 Å². The van der Waals surface area contributed by atoms with Gasteiger partial charge in [0.15, 0.2) is 0 Å². The quantitative estimate of drug-likeness (QED) is 0.751. The molecule has 0 fully saturated rings. The molecule has 0 aliphatic rings. The molecule has 3 rings (SSSR count). The minimum absolute atomic E-state index is 0.497. The zero-order valence-electron chi connectivity index (χ0n) is 12.4. The number of aromatic nitrogens is 2. The highest BCUT2D eigenvalue weighted by Gasteiger charge is 2.11. The number of hydrogen-bond donors (Lipinski definition) is 1. The lowest BCUT2D eigenvalue weighted by Gasteiger charge is -2.11. The minimum atomic E-state index is 0.497. The van der Waals surface area contributed by atoms with Gasteiger partial charge in [-0.3, -0.25) is 0 Å². The second-order valence-corrected chi connectivity index (χ2v) is 5.28. The van der Waals surface area contributed by atoms with Crippen LogP contribution in [0.1, 0.15) is 16.7 Å². The minimum Gasteiger partial charge on any atom is -0.383 e. The fraction of sp³-hybridized carbons (Fsp3) is 0.105. The molecule has 0 amide bonds. The Morgan fingerprint density at radius 3 is 2.64 bits per heavy atom. The third-order valence-electron chi connectivity index (χ3n) is 3.69. The van der Waals surface area contributed by atoms with E-state index in [1.807, 2.05) is 18.2 Å². The van der Waals surface area contributed by atoms with Crippen LogP contribution in [0.15, 0.2) is 48.8 Å². The predicted molar refractivity (Wildman–Crippen MR) is 90.0 cm³/mol. The maximum absolute atomic E-state index is 5.85. The third kappa shape index (κ3) is 2.77. The van der Waals surface area contributed by atoms with E-state index in [1.165, 1.54) is 11.9 Å². The van der Waals surface area contributed by atoms with Crippen molar-refractivity contribution in [1.29, 1.82) is 0 Å². The first-order chi connectivity index (χ1) is 10.7. The first-order valence-electron chi connectivity index (χ1n) is 7.06. The van der Waals surface area contributed by atoms with Gasteiger partial charge in [0.2, 0.25) is 0 Å². The number of nitrogen functional groups attached to an aromatic ring is 1. The van der Waals surface area contributed by atoms with Gasteiger partial charge in [-0.15, -0.1) is 6.42 Å². The van der Waals surface area contributed by atoms with E-state index in [9.17, 15) is 0 Å². The van der Waals surface area contributed by atoms with Gasteiger partial charge in [0.1, 0.15) is 12.1 Å². The molecule has 0 saturated carbocycles. The summed E-state index contributed by atoms with van der Waals surface area (Å²) in [7, 11) is 0. The van der Waals surface area contributed by atoms with Gasteiger partial charge in [-0.2, -0.15) is 0 Å². The summed E-state index contributed by atoms with van der Waals surface area (Å²) in [6.07, 6.45) is 7.87. The van der Waals surface area contributed by atoms with E-state index in [4.69, 9.17) is 12.2 Å². The number of aryl methyl sites for hydroxylation is 1. The smallest absolute Gasteiger partial charge is 0.134 e. The molecule has 1 radical (unpaired) electrons. The maximum Gasteiger partial charge on any atom is 0.134 e. The summed E-state index contributed by atoms with van der Waals surface area (Å²) < 4.78 is 0. The summed E-state index contributed by atoms with van der Waals surface area (Å²) in [5.41, 5.74) is 10.1. The number of benzene rings is 2. The zero-order chi connectivity index (χ0) is 15.5. The van der Waals surface area contributed by atoms with Crippen LogP contribution in [0, 0.1) is 25.2 Å². The Bertz CT molecular complexity index is 845. The molecule has 3 aromatic rings. The summed E-state index contributed by atoms with van der Waals surface area (Å²) in [5, 5.41) is 0.865. The molecule has 1 heterocycles. The standard InChI is InChI=1S/C19H16N3/c1-3-15(16-7-4-13(2)5-8-16)10-14-6-9-17-18(11-14)21-12-22-19(17)20/h1,4-9,11-12H,10H2,2H3,(H2,20,21,22). The number of terminal acetylenes is 1. The lowest BCUT2D eigenvalue weighted by Crippen LogP contribution is -2.02. The lowest BCUT2D eigenvalue weighted by atomic mass is 9.92. The number of nitrogens with two attached hydrogens (primary N) is 1. The van der Waals surface area contributed by atoms with Crippen LogP contribution in [0.25, 0.3) is 10.9 Å². The van der Waals surface area contributed by atoms with Crippen molar-refractivity contribution in [2.24, 2.45) is 0 Å². The second kappa shape index (κ2) is 5.87. The van der Waals surface area contributed by atoms with Crippen molar-refractivity contribution >= 4 is 16.7 Å². The summed E-state index contributed by atoms with van der Waals surface area (Å²) in [4.78, 5) is 8.27. The maximum atomic E-state index is 5.85. The number of anilines is 1. The van der Waals surface area contributed by atoms with Crippen LogP contribution in [0.2, 0.25) is 0 Å². The Hall–Kier alpha value is -2.86. The number of fused-ring (bicyclic) bond motifs is 1. The van der Waals surface area contributed by atoms with Crippen molar-refractivity contribution < 1.29 is 0 Å². The number of nitrogens with zero attached hydrogens (tertiary/aromatic N) is 2. The molecule has 107 valence electrons. The van der Waals surface area contributed by atoms with Crippen molar-refractivity contribution in [1.82, 2.24) is 9.97 Å². The molecule has 2 N–H and O–H groups in total. The highest BCUT2D eigenvalue weighted by atomic mass is 14.9. The molecule has 2 aromatic carbocycles. The SMILES string of the molecule is C#C[C](Cc1ccc2c(N)ncnc2c1)c1ccc(C)cc1. The molecule has 1 aromatic heterocycles. The summed E-state index contributed by atoms with van der Waals surface area (Å²) in [6, 6.07) is 14.2. The third-order valence-corrected chi connectivity index (χ3v) is 3.69. The van der Waals surface area contributed by atoms with Crippen molar-refractivity contribution in [3.05, 3.63) is 71.4 Å². The van der Waals surface area contributed by atoms with Crippen LogP contribution in [0.5, 0.6) is 0 Å². The Morgan fingerprint density at radius 1 is 1.14 bits per heavy atom. The molecular weight excluding hydrogens is 270 g/mol. The Labute approximate surface area is 130 Å². The molecule has 0 aliphatic carbocycles. The van der Waals surface area contributed by atoms with E-state index in [1.54, 1.807) is 0 Å². The average Bonchev–Trinajstić information content (AvgIpc) is 2.54. The van der Waals surface area contributed by atoms with Gasteiger partial charge in [-0.25, -0.2) is 9.97 Å². The molecule has 0 aliphatic heterocycles. The van der Waals surface area contributed by atoms with Gasteiger partial charge < -0.3 is 5.73 Å². The summed E-state index contributed by atoms with van der Waals surface area (Å²) in [6.45, 7) is 2.06. The lowest BCUT2D eigenvalue weighted by molar-refractivity contribution is 1.08. The van der Waals surface area contributed by atoms with Crippen LogP contribution < -0.4 is 5.73 Å². The van der Waals surface area contributed by atoms with E-state index < -0.39 is 0 Å². The van der Waals surface area contributed by atoms with Gasteiger partial charge in [-0.05, 0) is 36.6 Å². The first kappa shape index (κ1) is 14.1. The molecule has 0 saturated heterocycles. The topological polar surface area (TPSA) is 51.8 Å². The van der Waals surface area contributed by atoms with Crippen molar-refractivity contribution in [2.45, 2.75) is 13.3 Å². The molecule has 0 atom stereocenters. The Balaban J connectivity index is 1.91. The first-order valence-corrected chi connectivity index (χ1v) is 7.06. The molecule has 3 nitrogen and oxygen atoms in total. The van der Waals surface area contributed by atoms with E-state index in [-0.39, 0.29) is 0 Å². The van der Waals surface area contributed by atoms with Crippen LogP contribution in [-0.4, -0.2) is 9.97 Å². The monoisotopic (exact) mass is 286 g/mol. The van der Waals surface area contributed by atoms with E-state index in [2.05, 4.69) is 47.1 Å². The van der Waals surface area contributed by atoms with Gasteiger partial charge in [0.05, 0.1) is 11.4 Å². The van der Waals surface area contributed by atoms with Crippen molar-refractivity contribution in [3.63, 3.8) is 0 Å². The van der Waals surface area contributed by atoms with E-state index >= 15 is 0 Å². The molecule has 0 unspecified atom stereocenters. The van der Waals surface area contributed by atoms with Crippen LogP contribution in [-0.2, 0) is 6.42 Å². The normalized spacial score (nSPS) is 10.8. The van der Waals surface area contributed by atoms with Gasteiger partial charge in [-0.1, -0.05) is 41.8 Å². The molecular formula is C19H16N3. The van der Waals surface area contributed by atoms with E-state index in [0.29, 0.717) is 12.2 Å². The van der Waals surface area contributed by atoms with Gasteiger partial charge in [0.25, 0.3) is 0 Å². The molecule has 3 heteroatoms. The number of rotatable bonds is 3. The predicted octanol–water partition coefficient (Wildman–Crippen LogP) is 3.32. The van der Waals surface area contributed by atoms with Gasteiger partial charge in [0, 0.05) is 5.39 Å². The van der Waals surface area contributed by atoms with Crippen LogP contribution in [0.4, 0.5) is 5.82 Å². The summed E-state index contributed by atoms with van der Waals surface area (Å²) in [5.74, 6) is 4.26. The highest BCUT2D eigenvalue weighted by Crippen LogP contribution is 2.23. The summed E-state index contributed by atoms with van der Waals surface area (Å²) >= 11 is 0. The van der Waals surface area contributed by atoms with Crippen LogP contribution in [0.3, 0.4) is 0 Å². The molecule has 0 spiro atoms. The zero-order valence-corrected chi connectivity index (χ0v) is 12.4. The highest BCUT2D eigenvalue weighted by molar-refractivity contribution is 5.88. The second-order valence-electron chi connectivity index (χ2n) is 5.28. The fourth-order valence-corrected chi connectivity index (χ4v) is 2.43. The largest absolute Gasteiger partial charge is 0.383 e. The fourth-order valence-electron chi connectivity index (χ4n) is 2.43. The van der Waals surface area contributed by atoms with E-state index in [0.717, 1.165) is 27.9 Å². The number of hydrogen-bond acceptors (Lipinski definition) is 3. The molecule has 22 heavy (non-hydrogen) atoms. The Morgan fingerprint density at radius 2 is 1.91 bits per heavy atom. The van der Waals surface area contributed by atoms with Crippen molar-refractivity contribution in [2.75, 3.05) is 5.73 Å². The van der Waals surface area contributed by atoms with Crippen molar-refractivity contribution in [3.8, 4) is 12.3 Å². The molecule has 0 bridgehead atoms. The average molecular weight is 286 g/mol. The van der Waals surface area contributed by atoms with Gasteiger partial charge >= 0.3 is 0 Å². The Kier molecular flexibility index (Phi) is 3.76.